The molecule has 0 fully saturated rings. The van der Waals surface area contributed by atoms with E-state index < -0.39 is 26.9 Å². The molecule has 23 heavy (non-hydrogen) atoms. The van der Waals surface area contributed by atoms with Gasteiger partial charge in [0.25, 0.3) is 0 Å². The van der Waals surface area contributed by atoms with E-state index in [0.717, 1.165) is 11.6 Å². The van der Waals surface area contributed by atoms with Crippen LogP contribution in [0.5, 0.6) is 0 Å². The summed E-state index contributed by atoms with van der Waals surface area (Å²) in [6, 6.07) is 9.97. The number of hydrogen-bond donors (Lipinski definition) is 2. The maximum absolute atomic E-state index is 13.1. The van der Waals surface area contributed by atoms with Crippen LogP contribution < -0.4 is 10.0 Å². The van der Waals surface area contributed by atoms with Crippen LogP contribution in [0.2, 0.25) is 0 Å². The van der Waals surface area contributed by atoms with Crippen LogP contribution in [0.1, 0.15) is 19.4 Å². The van der Waals surface area contributed by atoms with E-state index in [1.54, 1.807) is 38.1 Å². The molecule has 0 unspecified atom stereocenters. The molecule has 0 saturated carbocycles. The normalized spacial score (nSPS) is 11.5. The fraction of sp³-hybridized carbons (Fsp3) is 0.250. The van der Waals surface area contributed by atoms with Crippen molar-refractivity contribution in [1.82, 2.24) is 0 Å². The van der Waals surface area contributed by atoms with E-state index in [-0.39, 0.29) is 0 Å². The van der Waals surface area contributed by atoms with E-state index >= 15 is 0 Å². The minimum atomic E-state index is -3.38. The quantitative estimate of drug-likeness (QED) is 0.842. The highest BCUT2D eigenvalue weighted by molar-refractivity contribution is 7.93. The largest absolute Gasteiger partial charge is 0.381 e. The Kier molecular flexibility index (Phi) is 5.20. The van der Waals surface area contributed by atoms with Crippen LogP contribution in [0.15, 0.2) is 42.5 Å². The first kappa shape index (κ1) is 17.2. The molecule has 4 nitrogen and oxygen atoms in total. The molecule has 2 aromatic carbocycles. The molecule has 0 aliphatic rings. The Labute approximate surface area is 134 Å². The van der Waals surface area contributed by atoms with Gasteiger partial charge >= 0.3 is 0 Å². The predicted molar refractivity (Wildman–Crippen MR) is 87.8 cm³/mol. The Morgan fingerprint density at radius 2 is 1.52 bits per heavy atom. The number of nitrogens with one attached hydrogen (secondary N) is 2. The van der Waals surface area contributed by atoms with Gasteiger partial charge in [0.05, 0.1) is 5.25 Å². The molecule has 0 aliphatic carbocycles. The number of benzene rings is 2. The first-order valence-electron chi connectivity index (χ1n) is 7.07. The van der Waals surface area contributed by atoms with Crippen molar-refractivity contribution in [3.63, 3.8) is 0 Å². The number of sulfonamides is 1. The molecule has 0 radical (unpaired) electrons. The lowest BCUT2D eigenvalue weighted by molar-refractivity contribution is 0.584. The van der Waals surface area contributed by atoms with Gasteiger partial charge in [-0.25, -0.2) is 17.2 Å². The number of anilines is 2. The van der Waals surface area contributed by atoms with Crippen molar-refractivity contribution in [2.45, 2.75) is 25.6 Å². The van der Waals surface area contributed by atoms with Crippen LogP contribution in [-0.2, 0) is 16.6 Å². The molecule has 0 bridgehead atoms. The molecule has 0 saturated heterocycles. The molecule has 0 amide bonds. The van der Waals surface area contributed by atoms with Gasteiger partial charge in [0, 0.05) is 24.0 Å². The van der Waals surface area contributed by atoms with Gasteiger partial charge < -0.3 is 5.32 Å². The standard InChI is InChI=1S/C16H18F2N2O2S/c1-11(2)23(21,22)20-15-5-3-12(4-6-15)10-19-16-8-13(17)7-14(18)9-16/h3-9,11,19-20H,10H2,1-2H3. The Hall–Kier alpha value is -2.15. The Morgan fingerprint density at radius 3 is 2.04 bits per heavy atom. The van der Waals surface area contributed by atoms with Crippen molar-refractivity contribution in [2.24, 2.45) is 0 Å². The maximum Gasteiger partial charge on any atom is 0.235 e. The van der Waals surface area contributed by atoms with Crippen molar-refractivity contribution >= 4 is 21.4 Å². The fourth-order valence-electron chi connectivity index (χ4n) is 1.83. The van der Waals surface area contributed by atoms with Gasteiger partial charge in [-0.1, -0.05) is 12.1 Å². The average Bonchev–Trinajstić information content (AvgIpc) is 2.45. The van der Waals surface area contributed by atoms with Gasteiger partial charge in [-0.05, 0) is 43.7 Å². The van der Waals surface area contributed by atoms with E-state index in [9.17, 15) is 17.2 Å². The highest BCUT2D eigenvalue weighted by Crippen LogP contribution is 2.16. The predicted octanol–water partition coefficient (Wildman–Crippen LogP) is 3.73. The molecule has 0 aromatic heterocycles. The summed E-state index contributed by atoms with van der Waals surface area (Å²) in [7, 11) is -3.38. The molecule has 2 N–H and O–H groups in total. The van der Waals surface area contributed by atoms with Crippen LogP contribution in [0.25, 0.3) is 0 Å². The third-order valence-electron chi connectivity index (χ3n) is 3.19. The van der Waals surface area contributed by atoms with Crippen LogP contribution in [-0.4, -0.2) is 13.7 Å². The second-order valence-electron chi connectivity index (χ2n) is 5.40. The molecular weight excluding hydrogens is 322 g/mol. The van der Waals surface area contributed by atoms with Crippen molar-refractivity contribution < 1.29 is 17.2 Å². The summed E-state index contributed by atoms with van der Waals surface area (Å²) in [6.07, 6.45) is 0. The summed E-state index contributed by atoms with van der Waals surface area (Å²) in [5, 5.41) is 2.39. The van der Waals surface area contributed by atoms with Crippen molar-refractivity contribution in [3.8, 4) is 0 Å². The van der Waals surface area contributed by atoms with Gasteiger partial charge in [0.1, 0.15) is 11.6 Å². The Morgan fingerprint density at radius 1 is 0.957 bits per heavy atom. The van der Waals surface area contributed by atoms with E-state index in [0.29, 0.717) is 17.9 Å². The summed E-state index contributed by atoms with van der Waals surface area (Å²) in [5.41, 5.74) is 1.66. The molecule has 0 aliphatic heterocycles. The van der Waals surface area contributed by atoms with Crippen molar-refractivity contribution in [1.29, 1.82) is 0 Å². The zero-order valence-corrected chi connectivity index (χ0v) is 13.6. The molecule has 0 spiro atoms. The Bertz CT molecular complexity index is 755. The molecule has 7 heteroatoms. The topological polar surface area (TPSA) is 58.2 Å². The van der Waals surface area contributed by atoms with Crippen LogP contribution >= 0.6 is 0 Å². The fourth-order valence-corrected chi connectivity index (χ4v) is 2.53. The minimum absolute atomic E-state index is 0.340. The molecule has 2 aromatic rings. The van der Waals surface area contributed by atoms with Gasteiger partial charge in [-0.15, -0.1) is 0 Å². The molecular formula is C16H18F2N2O2S. The summed E-state index contributed by atoms with van der Waals surface area (Å²) < 4.78 is 52.2. The summed E-state index contributed by atoms with van der Waals surface area (Å²) in [5.74, 6) is -1.29. The molecule has 0 heterocycles. The number of rotatable bonds is 6. The summed E-state index contributed by atoms with van der Waals surface area (Å²) >= 11 is 0. The summed E-state index contributed by atoms with van der Waals surface area (Å²) in [4.78, 5) is 0. The van der Waals surface area contributed by atoms with E-state index in [1.807, 2.05) is 0 Å². The van der Waals surface area contributed by atoms with Crippen LogP contribution in [0.3, 0.4) is 0 Å². The monoisotopic (exact) mass is 340 g/mol. The molecule has 0 atom stereocenters. The average molecular weight is 340 g/mol. The second kappa shape index (κ2) is 6.95. The highest BCUT2D eigenvalue weighted by atomic mass is 32.2. The van der Waals surface area contributed by atoms with Gasteiger partial charge in [0.2, 0.25) is 10.0 Å². The third-order valence-corrected chi connectivity index (χ3v) is 4.96. The zero-order valence-electron chi connectivity index (χ0n) is 12.8. The summed E-state index contributed by atoms with van der Waals surface area (Å²) in [6.45, 7) is 3.55. The number of halogens is 2. The lowest BCUT2D eigenvalue weighted by atomic mass is 10.2. The minimum Gasteiger partial charge on any atom is -0.381 e. The van der Waals surface area contributed by atoms with Crippen molar-refractivity contribution in [3.05, 3.63) is 59.7 Å². The zero-order chi connectivity index (χ0) is 17.0. The Balaban J connectivity index is 2.00. The van der Waals surface area contributed by atoms with E-state index in [2.05, 4.69) is 10.0 Å². The van der Waals surface area contributed by atoms with Gasteiger partial charge in [0.15, 0.2) is 0 Å². The van der Waals surface area contributed by atoms with Crippen LogP contribution in [0, 0.1) is 11.6 Å². The lowest BCUT2D eigenvalue weighted by Gasteiger charge is -2.11. The van der Waals surface area contributed by atoms with E-state index in [1.165, 1.54) is 12.1 Å². The maximum atomic E-state index is 13.1. The second-order valence-corrected chi connectivity index (χ2v) is 7.64. The smallest absolute Gasteiger partial charge is 0.235 e. The first-order chi connectivity index (χ1) is 10.8. The first-order valence-corrected chi connectivity index (χ1v) is 8.61. The molecule has 2 rings (SSSR count). The van der Waals surface area contributed by atoms with E-state index in [4.69, 9.17) is 0 Å². The third kappa shape index (κ3) is 4.92. The van der Waals surface area contributed by atoms with Crippen LogP contribution in [0.4, 0.5) is 20.2 Å². The molecule has 124 valence electrons. The lowest BCUT2D eigenvalue weighted by Crippen LogP contribution is -2.22. The van der Waals surface area contributed by atoms with Crippen molar-refractivity contribution in [2.75, 3.05) is 10.0 Å². The SMILES string of the molecule is CC(C)S(=O)(=O)Nc1ccc(CNc2cc(F)cc(F)c2)cc1. The van der Waals surface area contributed by atoms with Gasteiger partial charge in [-0.2, -0.15) is 0 Å². The highest BCUT2D eigenvalue weighted by Gasteiger charge is 2.15. The number of hydrogen-bond acceptors (Lipinski definition) is 3. The van der Waals surface area contributed by atoms with Gasteiger partial charge in [-0.3, -0.25) is 4.72 Å².